The van der Waals surface area contributed by atoms with Crippen LogP contribution in [0.1, 0.15) is 37.9 Å². The lowest BCUT2D eigenvalue weighted by atomic mass is 10.1. The van der Waals surface area contributed by atoms with Crippen LogP contribution in [0.3, 0.4) is 0 Å². The summed E-state index contributed by atoms with van der Waals surface area (Å²) in [6.07, 6.45) is 5.62. The Hall–Kier alpha value is -2.36. The number of methoxy groups -OCH3 is 1. The Kier molecular flexibility index (Phi) is 9.23. The van der Waals surface area contributed by atoms with Gasteiger partial charge >= 0.3 is 0 Å². The molecule has 0 unspecified atom stereocenters. The molecule has 2 fully saturated rings. The first kappa shape index (κ1) is 25.7. The Morgan fingerprint density at radius 1 is 1.14 bits per heavy atom. The molecule has 2 aliphatic rings. The molecule has 10 heteroatoms. The fourth-order valence-corrected chi connectivity index (χ4v) is 4.79. The highest BCUT2D eigenvalue weighted by molar-refractivity contribution is 6.27. The third-order valence-corrected chi connectivity index (χ3v) is 6.97. The van der Waals surface area contributed by atoms with Crippen molar-refractivity contribution in [2.75, 3.05) is 64.7 Å². The Morgan fingerprint density at radius 2 is 1.91 bits per heavy atom. The molecule has 0 radical (unpaired) electrons. The number of nitrogens with one attached hydrogen (secondary N) is 2. The number of carbonyl (C=O) groups excluding carboxylic acids is 1. The van der Waals surface area contributed by atoms with Gasteiger partial charge in [0.2, 0.25) is 5.91 Å². The molecule has 0 bridgehead atoms. The lowest BCUT2D eigenvalue weighted by Crippen LogP contribution is -2.37. The van der Waals surface area contributed by atoms with Gasteiger partial charge in [-0.1, -0.05) is 0 Å². The second kappa shape index (κ2) is 12.6. The van der Waals surface area contributed by atoms with Gasteiger partial charge in [-0.05, 0) is 71.4 Å². The van der Waals surface area contributed by atoms with Crippen LogP contribution in [0.25, 0.3) is 10.9 Å². The third kappa shape index (κ3) is 7.08. The molecule has 2 N–H and O–H groups in total. The summed E-state index contributed by atoms with van der Waals surface area (Å²) in [6.45, 7) is 6.33. The van der Waals surface area contributed by atoms with Crippen molar-refractivity contribution in [3.8, 4) is 11.5 Å². The van der Waals surface area contributed by atoms with Crippen LogP contribution < -0.4 is 20.1 Å². The number of fused-ring (bicyclic) bond motifs is 1. The van der Waals surface area contributed by atoms with Gasteiger partial charge in [-0.15, -0.1) is 11.6 Å². The molecule has 3 heterocycles. The first-order valence-corrected chi connectivity index (χ1v) is 13.1. The molecule has 1 aromatic heterocycles. The van der Waals surface area contributed by atoms with Crippen molar-refractivity contribution in [3.05, 3.63) is 18.0 Å². The molecule has 0 spiro atoms. The van der Waals surface area contributed by atoms with Crippen molar-refractivity contribution in [2.45, 2.75) is 44.7 Å². The molecule has 0 atom stereocenters. The SMILES string of the molecule is COc1cc2c(NC3CCN(C)CC3)nc(CNC(=O)CCl)nc2cc1OCCCN1CCCC1. The third-order valence-electron chi connectivity index (χ3n) is 6.73. The number of rotatable bonds is 11. The number of carbonyl (C=O) groups is 1. The van der Waals surface area contributed by atoms with Crippen molar-refractivity contribution in [1.82, 2.24) is 25.1 Å². The minimum Gasteiger partial charge on any atom is -0.493 e. The number of hydrogen-bond acceptors (Lipinski definition) is 8. The Labute approximate surface area is 212 Å². The zero-order valence-electron chi connectivity index (χ0n) is 20.8. The highest BCUT2D eigenvalue weighted by atomic mass is 35.5. The number of nitrogens with zero attached hydrogens (tertiary/aromatic N) is 4. The summed E-state index contributed by atoms with van der Waals surface area (Å²) in [5.74, 6) is 2.26. The molecule has 1 aromatic carbocycles. The van der Waals surface area contributed by atoms with Crippen molar-refractivity contribution in [2.24, 2.45) is 0 Å². The molecule has 2 aliphatic heterocycles. The number of benzene rings is 1. The van der Waals surface area contributed by atoms with E-state index in [9.17, 15) is 4.79 Å². The summed E-state index contributed by atoms with van der Waals surface area (Å²) in [6, 6.07) is 4.18. The lowest BCUT2D eigenvalue weighted by Gasteiger charge is -2.30. The second-order valence-electron chi connectivity index (χ2n) is 9.39. The number of halogens is 1. The van der Waals surface area contributed by atoms with E-state index in [1.54, 1.807) is 7.11 Å². The number of piperidine rings is 1. The summed E-state index contributed by atoms with van der Waals surface area (Å²) in [4.78, 5) is 26.0. The minimum atomic E-state index is -0.253. The van der Waals surface area contributed by atoms with Gasteiger partial charge in [0.05, 0.1) is 25.8 Å². The molecule has 35 heavy (non-hydrogen) atoms. The molecular weight excluding hydrogens is 468 g/mol. The molecule has 4 rings (SSSR count). The van der Waals surface area contributed by atoms with Crippen molar-refractivity contribution >= 4 is 34.2 Å². The van der Waals surface area contributed by atoms with Gasteiger partial charge in [0.1, 0.15) is 11.7 Å². The fourth-order valence-electron chi connectivity index (χ4n) is 4.69. The van der Waals surface area contributed by atoms with E-state index in [2.05, 4.69) is 27.5 Å². The van der Waals surface area contributed by atoms with Gasteiger partial charge in [0.15, 0.2) is 17.3 Å². The van der Waals surface area contributed by atoms with E-state index in [0.29, 0.717) is 30.0 Å². The number of alkyl halides is 1. The quantitative estimate of drug-likeness (QED) is 0.356. The molecule has 2 aromatic rings. The maximum Gasteiger partial charge on any atom is 0.235 e. The number of amides is 1. The zero-order chi connectivity index (χ0) is 24.6. The van der Waals surface area contributed by atoms with Gasteiger partial charge < -0.3 is 29.9 Å². The Bertz CT molecular complexity index is 993. The number of hydrogen-bond donors (Lipinski definition) is 2. The minimum absolute atomic E-state index is 0.0963. The number of aromatic nitrogens is 2. The fraction of sp³-hybridized carbons (Fsp3) is 0.640. The van der Waals surface area contributed by atoms with Crippen LogP contribution >= 0.6 is 11.6 Å². The molecule has 0 saturated carbocycles. The number of anilines is 1. The van der Waals surface area contributed by atoms with Crippen molar-refractivity contribution in [3.63, 3.8) is 0 Å². The van der Waals surface area contributed by atoms with Gasteiger partial charge in [0, 0.05) is 24.0 Å². The van der Waals surface area contributed by atoms with Crippen molar-refractivity contribution < 1.29 is 14.3 Å². The zero-order valence-corrected chi connectivity index (χ0v) is 21.6. The number of ether oxygens (including phenoxy) is 2. The van der Waals surface area contributed by atoms with Crippen LogP contribution in [0.4, 0.5) is 5.82 Å². The normalized spacial score (nSPS) is 17.6. The lowest BCUT2D eigenvalue weighted by molar-refractivity contribution is -0.118. The first-order valence-electron chi connectivity index (χ1n) is 12.6. The van der Waals surface area contributed by atoms with Crippen LogP contribution in [0.2, 0.25) is 0 Å². The smallest absolute Gasteiger partial charge is 0.235 e. The predicted octanol–water partition coefficient (Wildman–Crippen LogP) is 2.86. The monoisotopic (exact) mass is 504 g/mol. The van der Waals surface area contributed by atoms with Gasteiger partial charge in [0.25, 0.3) is 0 Å². The van der Waals surface area contributed by atoms with E-state index in [1.165, 1.54) is 25.9 Å². The summed E-state index contributed by atoms with van der Waals surface area (Å²) < 4.78 is 11.8. The Balaban J connectivity index is 1.55. The average molecular weight is 505 g/mol. The standard InChI is InChI=1S/C25H37ClN6O3/c1-31-11-6-18(7-12-31)28-25-19-14-21(34-2)22(35-13-5-10-32-8-3-4-9-32)15-20(19)29-23(30-25)17-27-24(33)16-26/h14-15,18H,3-13,16-17H2,1-2H3,(H,27,33)(H,28,29,30). The van der Waals surface area contributed by atoms with E-state index >= 15 is 0 Å². The molecular formula is C25H37ClN6O3. The number of likely N-dealkylation sites (tertiary alicyclic amines) is 2. The van der Waals surface area contributed by atoms with Crippen LogP contribution in [0.5, 0.6) is 11.5 Å². The van der Waals surface area contributed by atoms with Crippen molar-refractivity contribution in [1.29, 1.82) is 0 Å². The average Bonchev–Trinajstić information content (AvgIpc) is 3.39. The van der Waals surface area contributed by atoms with Crippen LogP contribution in [-0.2, 0) is 11.3 Å². The van der Waals surface area contributed by atoms with Crippen LogP contribution in [0, 0.1) is 0 Å². The Morgan fingerprint density at radius 3 is 2.63 bits per heavy atom. The van der Waals surface area contributed by atoms with Gasteiger partial charge in [-0.3, -0.25) is 4.79 Å². The van der Waals surface area contributed by atoms with Gasteiger partial charge in [-0.25, -0.2) is 9.97 Å². The highest BCUT2D eigenvalue weighted by Crippen LogP contribution is 2.35. The van der Waals surface area contributed by atoms with E-state index < -0.39 is 0 Å². The van der Waals surface area contributed by atoms with E-state index in [0.717, 1.165) is 55.6 Å². The van der Waals surface area contributed by atoms with E-state index in [4.69, 9.17) is 31.0 Å². The highest BCUT2D eigenvalue weighted by Gasteiger charge is 2.20. The van der Waals surface area contributed by atoms with E-state index in [1.807, 2.05) is 12.1 Å². The van der Waals surface area contributed by atoms with Crippen LogP contribution in [-0.4, -0.2) is 91.1 Å². The van der Waals surface area contributed by atoms with Crippen LogP contribution in [0.15, 0.2) is 12.1 Å². The molecule has 9 nitrogen and oxygen atoms in total. The summed E-state index contributed by atoms with van der Waals surface area (Å²) >= 11 is 5.64. The first-order chi connectivity index (χ1) is 17.1. The summed E-state index contributed by atoms with van der Waals surface area (Å²) in [7, 11) is 3.80. The van der Waals surface area contributed by atoms with E-state index in [-0.39, 0.29) is 18.3 Å². The summed E-state index contributed by atoms with van der Waals surface area (Å²) in [5.41, 5.74) is 0.751. The second-order valence-corrected chi connectivity index (χ2v) is 9.66. The molecule has 2 saturated heterocycles. The molecule has 1 amide bonds. The maximum atomic E-state index is 11.7. The molecule has 192 valence electrons. The molecule has 0 aliphatic carbocycles. The largest absolute Gasteiger partial charge is 0.493 e. The topological polar surface area (TPSA) is 91.9 Å². The summed E-state index contributed by atoms with van der Waals surface area (Å²) in [5, 5.41) is 7.26. The predicted molar refractivity (Wildman–Crippen MR) is 139 cm³/mol. The van der Waals surface area contributed by atoms with Gasteiger partial charge in [-0.2, -0.15) is 0 Å². The maximum absolute atomic E-state index is 11.7.